The fraction of sp³-hybridized carbons (Fsp3) is 0.222. The predicted molar refractivity (Wildman–Crippen MR) is 91.1 cm³/mol. The van der Waals surface area contributed by atoms with Gasteiger partial charge in [0.25, 0.3) is 0 Å². The van der Waals surface area contributed by atoms with Crippen LogP contribution in [-0.2, 0) is 12.4 Å². The SMILES string of the molecule is Oc1cc(C(F)(F)F)ccc1C=NCCN=Cc1ccc(C(F)(F)F)cc1O. The summed E-state index contributed by atoms with van der Waals surface area (Å²) in [4.78, 5) is 7.81. The maximum absolute atomic E-state index is 12.5. The van der Waals surface area contributed by atoms with Crippen LogP contribution < -0.4 is 0 Å². The van der Waals surface area contributed by atoms with E-state index in [-0.39, 0.29) is 24.2 Å². The largest absolute Gasteiger partial charge is 0.507 e. The molecule has 2 rings (SSSR count). The van der Waals surface area contributed by atoms with E-state index in [1.54, 1.807) is 0 Å². The molecule has 0 saturated heterocycles. The molecule has 0 bridgehead atoms. The number of hydrogen-bond donors (Lipinski definition) is 2. The van der Waals surface area contributed by atoms with Gasteiger partial charge in [0, 0.05) is 23.6 Å². The zero-order chi connectivity index (χ0) is 20.9. The first kappa shape index (κ1) is 21.3. The number of nitrogens with zero attached hydrogens (tertiary/aromatic N) is 2. The van der Waals surface area contributed by atoms with Crippen molar-refractivity contribution in [3.8, 4) is 11.5 Å². The van der Waals surface area contributed by atoms with Gasteiger partial charge in [0.05, 0.1) is 24.2 Å². The minimum Gasteiger partial charge on any atom is -0.507 e. The Morgan fingerprint density at radius 2 is 1.04 bits per heavy atom. The Hall–Kier alpha value is -3.04. The maximum atomic E-state index is 12.5. The van der Waals surface area contributed by atoms with Gasteiger partial charge < -0.3 is 10.2 Å². The second kappa shape index (κ2) is 8.32. The second-order valence-electron chi connectivity index (χ2n) is 5.61. The molecule has 0 aromatic heterocycles. The van der Waals surface area contributed by atoms with Crippen molar-refractivity contribution in [2.45, 2.75) is 12.4 Å². The van der Waals surface area contributed by atoms with Crippen LogP contribution in [0.1, 0.15) is 22.3 Å². The number of alkyl halides is 6. The molecule has 0 aliphatic heterocycles. The standard InChI is InChI=1S/C18H14F6N2O2/c19-17(20,21)13-3-1-11(15(27)7-13)9-25-5-6-26-10-12-2-4-14(8-16(12)28)18(22,23)24/h1-4,7-10,27-28H,5-6H2. The molecule has 0 spiro atoms. The van der Waals surface area contributed by atoms with Crippen molar-refractivity contribution in [2.75, 3.05) is 13.1 Å². The lowest BCUT2D eigenvalue weighted by Crippen LogP contribution is -2.04. The van der Waals surface area contributed by atoms with E-state index in [1.807, 2.05) is 0 Å². The van der Waals surface area contributed by atoms with Crippen LogP contribution in [0.2, 0.25) is 0 Å². The lowest BCUT2D eigenvalue weighted by Gasteiger charge is -2.08. The van der Waals surface area contributed by atoms with Crippen LogP contribution in [0, 0.1) is 0 Å². The third-order valence-corrected chi connectivity index (χ3v) is 3.53. The zero-order valence-electron chi connectivity index (χ0n) is 14.1. The number of halogens is 6. The maximum Gasteiger partial charge on any atom is 0.416 e. The Morgan fingerprint density at radius 1 is 0.679 bits per heavy atom. The number of rotatable bonds is 5. The fourth-order valence-electron chi connectivity index (χ4n) is 2.10. The quantitative estimate of drug-likeness (QED) is 0.432. The van der Waals surface area contributed by atoms with E-state index in [2.05, 4.69) is 9.98 Å². The Kier molecular flexibility index (Phi) is 6.32. The fourth-order valence-corrected chi connectivity index (χ4v) is 2.10. The average molecular weight is 404 g/mol. The minimum atomic E-state index is -4.56. The van der Waals surface area contributed by atoms with Crippen LogP contribution in [0.3, 0.4) is 0 Å². The number of aliphatic imine (C=N–C) groups is 2. The molecule has 0 aliphatic carbocycles. The summed E-state index contributed by atoms with van der Waals surface area (Å²) in [5.74, 6) is -1.14. The van der Waals surface area contributed by atoms with Crippen molar-refractivity contribution in [1.29, 1.82) is 0 Å². The van der Waals surface area contributed by atoms with Crippen molar-refractivity contribution in [3.05, 3.63) is 58.7 Å². The summed E-state index contributed by atoms with van der Waals surface area (Å²) in [6, 6.07) is 4.95. The average Bonchev–Trinajstić information content (AvgIpc) is 2.58. The molecule has 2 aromatic rings. The van der Waals surface area contributed by atoms with E-state index < -0.39 is 35.0 Å². The van der Waals surface area contributed by atoms with Crippen LogP contribution in [-0.4, -0.2) is 35.7 Å². The van der Waals surface area contributed by atoms with E-state index in [0.29, 0.717) is 12.1 Å². The molecule has 0 atom stereocenters. The van der Waals surface area contributed by atoms with Gasteiger partial charge in [0.1, 0.15) is 11.5 Å². The van der Waals surface area contributed by atoms with E-state index >= 15 is 0 Å². The highest BCUT2D eigenvalue weighted by Gasteiger charge is 2.31. The van der Waals surface area contributed by atoms with Crippen LogP contribution >= 0.6 is 0 Å². The summed E-state index contributed by atoms with van der Waals surface area (Å²) in [7, 11) is 0. The lowest BCUT2D eigenvalue weighted by atomic mass is 10.1. The van der Waals surface area contributed by atoms with Gasteiger partial charge >= 0.3 is 12.4 Å². The molecular formula is C18H14F6N2O2. The molecule has 0 fully saturated rings. The summed E-state index contributed by atoms with van der Waals surface area (Å²) < 4.78 is 75.0. The molecule has 0 radical (unpaired) electrons. The number of aromatic hydroxyl groups is 2. The number of hydrogen-bond acceptors (Lipinski definition) is 4. The molecule has 2 aromatic carbocycles. The number of benzene rings is 2. The van der Waals surface area contributed by atoms with Gasteiger partial charge in [-0.3, -0.25) is 9.98 Å². The molecule has 0 heterocycles. The highest BCUT2D eigenvalue weighted by molar-refractivity contribution is 5.84. The Labute approximate surface area is 155 Å². The molecule has 0 amide bonds. The first-order chi connectivity index (χ1) is 13.0. The summed E-state index contributed by atoms with van der Waals surface area (Å²) in [6.07, 6.45) is -6.77. The van der Waals surface area contributed by atoms with Crippen LogP contribution in [0.15, 0.2) is 46.4 Å². The van der Waals surface area contributed by atoms with Crippen LogP contribution in [0.25, 0.3) is 0 Å². The zero-order valence-corrected chi connectivity index (χ0v) is 14.1. The van der Waals surface area contributed by atoms with Gasteiger partial charge in [0.2, 0.25) is 0 Å². The molecule has 4 nitrogen and oxygen atoms in total. The Morgan fingerprint density at radius 3 is 1.32 bits per heavy atom. The molecule has 0 aliphatic rings. The van der Waals surface area contributed by atoms with E-state index in [1.165, 1.54) is 12.4 Å². The topological polar surface area (TPSA) is 65.2 Å². The summed E-state index contributed by atoms with van der Waals surface area (Å²) in [5.41, 5.74) is -1.78. The Balaban J connectivity index is 1.92. The highest BCUT2D eigenvalue weighted by atomic mass is 19.4. The summed E-state index contributed by atoms with van der Waals surface area (Å²) >= 11 is 0. The first-order valence-electron chi connectivity index (χ1n) is 7.78. The van der Waals surface area contributed by atoms with Crippen LogP contribution in [0.5, 0.6) is 11.5 Å². The molecule has 0 unspecified atom stereocenters. The monoisotopic (exact) mass is 404 g/mol. The van der Waals surface area contributed by atoms with E-state index in [4.69, 9.17) is 0 Å². The van der Waals surface area contributed by atoms with Gasteiger partial charge in [0.15, 0.2) is 0 Å². The molecule has 0 saturated carbocycles. The smallest absolute Gasteiger partial charge is 0.416 e. The van der Waals surface area contributed by atoms with Gasteiger partial charge in [-0.1, -0.05) is 0 Å². The highest BCUT2D eigenvalue weighted by Crippen LogP contribution is 2.33. The predicted octanol–water partition coefficient (Wildman–Crippen LogP) is 4.67. The molecule has 2 N–H and O–H groups in total. The first-order valence-corrected chi connectivity index (χ1v) is 7.78. The number of phenols is 2. The molecule has 28 heavy (non-hydrogen) atoms. The van der Waals surface area contributed by atoms with Gasteiger partial charge in [-0.05, 0) is 36.4 Å². The molecule has 150 valence electrons. The summed E-state index contributed by atoms with van der Waals surface area (Å²) in [6.45, 7) is 0.219. The minimum absolute atomic E-state index is 0.0948. The third-order valence-electron chi connectivity index (χ3n) is 3.53. The normalized spacial score (nSPS) is 12.9. The third kappa shape index (κ3) is 5.73. The summed E-state index contributed by atoms with van der Waals surface area (Å²) in [5, 5.41) is 19.2. The van der Waals surface area contributed by atoms with Crippen molar-refractivity contribution in [1.82, 2.24) is 0 Å². The lowest BCUT2D eigenvalue weighted by molar-refractivity contribution is -0.138. The second-order valence-corrected chi connectivity index (χ2v) is 5.61. The van der Waals surface area contributed by atoms with Gasteiger partial charge in [-0.25, -0.2) is 0 Å². The van der Waals surface area contributed by atoms with E-state index in [0.717, 1.165) is 24.3 Å². The Bertz CT molecular complexity index is 815. The number of phenolic OH excluding ortho intramolecular Hbond substituents is 2. The van der Waals surface area contributed by atoms with Crippen molar-refractivity contribution in [2.24, 2.45) is 9.98 Å². The van der Waals surface area contributed by atoms with Crippen LogP contribution in [0.4, 0.5) is 26.3 Å². The van der Waals surface area contributed by atoms with Gasteiger partial charge in [-0.2, -0.15) is 26.3 Å². The van der Waals surface area contributed by atoms with Crippen molar-refractivity contribution >= 4 is 12.4 Å². The van der Waals surface area contributed by atoms with E-state index in [9.17, 15) is 36.6 Å². The van der Waals surface area contributed by atoms with Crippen molar-refractivity contribution < 1.29 is 36.6 Å². The van der Waals surface area contributed by atoms with Crippen molar-refractivity contribution in [3.63, 3.8) is 0 Å². The molecule has 10 heteroatoms. The van der Waals surface area contributed by atoms with Gasteiger partial charge in [-0.15, -0.1) is 0 Å². The molecular weight excluding hydrogens is 390 g/mol.